The molecule has 1 aliphatic rings. The molecule has 3 heterocycles. The molecule has 1 amide bonds. The van der Waals surface area contributed by atoms with E-state index in [1.807, 2.05) is 19.1 Å². The Morgan fingerprint density at radius 3 is 2.72 bits per heavy atom. The van der Waals surface area contributed by atoms with Gasteiger partial charge in [0.15, 0.2) is 11.5 Å². The van der Waals surface area contributed by atoms with Gasteiger partial charge in [-0.15, -0.1) is 21.5 Å². The van der Waals surface area contributed by atoms with Crippen molar-refractivity contribution in [2.75, 3.05) is 32.6 Å². The maximum atomic E-state index is 12.7. The van der Waals surface area contributed by atoms with E-state index in [1.165, 1.54) is 21.8 Å². The molecule has 3 aromatic rings. The number of aryl methyl sites for hydroxylation is 1. The minimum Gasteiger partial charge on any atom is -0.493 e. The number of ether oxygens (including phenoxy) is 2. The Morgan fingerprint density at radius 2 is 2.07 bits per heavy atom. The van der Waals surface area contributed by atoms with Crippen LogP contribution in [0.4, 0.5) is 5.13 Å². The average Bonchev–Trinajstić information content (AvgIpc) is 3.38. The summed E-state index contributed by atoms with van der Waals surface area (Å²) in [5.74, 6) is 1.34. The van der Waals surface area contributed by atoms with Crippen LogP contribution in [-0.4, -0.2) is 48.3 Å². The fraction of sp³-hybridized carbons (Fsp3) is 0.350. The average molecular weight is 431 g/mol. The number of thiophene rings is 1. The first kappa shape index (κ1) is 19.8. The van der Waals surface area contributed by atoms with E-state index in [0.29, 0.717) is 10.9 Å². The van der Waals surface area contributed by atoms with Gasteiger partial charge in [0.05, 0.1) is 26.8 Å². The maximum absolute atomic E-state index is 12.7. The normalized spacial score (nSPS) is 16.3. The van der Waals surface area contributed by atoms with E-state index in [0.717, 1.165) is 29.3 Å². The number of carbonyl (C=O) groups is 1. The molecular weight excluding hydrogens is 408 g/mol. The van der Waals surface area contributed by atoms with Crippen LogP contribution in [0.1, 0.15) is 27.1 Å². The molecule has 0 spiro atoms. The minimum atomic E-state index is -0.0911. The molecule has 29 heavy (non-hydrogen) atoms. The van der Waals surface area contributed by atoms with Gasteiger partial charge < -0.3 is 9.47 Å². The summed E-state index contributed by atoms with van der Waals surface area (Å²) in [6.45, 7) is 2.91. The van der Waals surface area contributed by atoms with E-state index in [-0.39, 0.29) is 18.5 Å². The summed E-state index contributed by atoms with van der Waals surface area (Å²) in [5, 5.41) is 14.2. The number of amides is 1. The summed E-state index contributed by atoms with van der Waals surface area (Å²) >= 11 is 3.06. The number of nitrogens with zero attached hydrogens (tertiary/aromatic N) is 3. The summed E-state index contributed by atoms with van der Waals surface area (Å²) < 4.78 is 11.0. The molecule has 1 aliphatic heterocycles. The zero-order valence-electron chi connectivity index (χ0n) is 16.5. The summed E-state index contributed by atoms with van der Waals surface area (Å²) in [7, 11) is 3.29. The number of rotatable bonds is 6. The minimum absolute atomic E-state index is 0.0135. The molecule has 9 heteroatoms. The highest BCUT2D eigenvalue weighted by Crippen LogP contribution is 2.42. The Balaban J connectivity index is 1.64. The van der Waals surface area contributed by atoms with Crippen molar-refractivity contribution in [3.63, 3.8) is 0 Å². The first-order chi connectivity index (χ1) is 14.1. The van der Waals surface area contributed by atoms with Crippen LogP contribution in [0.15, 0.2) is 29.6 Å². The Labute approximate surface area is 177 Å². The van der Waals surface area contributed by atoms with Crippen molar-refractivity contribution in [1.82, 2.24) is 15.1 Å². The second-order valence-electron chi connectivity index (χ2n) is 6.72. The van der Waals surface area contributed by atoms with Crippen molar-refractivity contribution in [3.8, 4) is 11.5 Å². The van der Waals surface area contributed by atoms with E-state index in [9.17, 15) is 4.79 Å². The predicted molar refractivity (Wildman–Crippen MR) is 114 cm³/mol. The SMILES string of the molecule is COc1cc2c(cc1OC)C(c1cccs1)N(CC(=O)Nc1nnc(C)s1)CC2. The van der Waals surface area contributed by atoms with E-state index in [2.05, 4.69) is 37.9 Å². The fourth-order valence-electron chi connectivity index (χ4n) is 3.64. The van der Waals surface area contributed by atoms with Gasteiger partial charge in [-0.3, -0.25) is 15.0 Å². The fourth-order valence-corrected chi connectivity index (χ4v) is 5.12. The van der Waals surface area contributed by atoms with E-state index >= 15 is 0 Å². The number of anilines is 1. The summed E-state index contributed by atoms with van der Waals surface area (Å²) in [6, 6.07) is 8.23. The van der Waals surface area contributed by atoms with Crippen LogP contribution in [0.2, 0.25) is 0 Å². The van der Waals surface area contributed by atoms with Crippen molar-refractivity contribution in [2.45, 2.75) is 19.4 Å². The van der Waals surface area contributed by atoms with Gasteiger partial charge in [0.2, 0.25) is 11.0 Å². The van der Waals surface area contributed by atoms with Crippen LogP contribution in [-0.2, 0) is 11.2 Å². The van der Waals surface area contributed by atoms with Gasteiger partial charge in [0.25, 0.3) is 0 Å². The molecule has 0 saturated heterocycles. The zero-order valence-corrected chi connectivity index (χ0v) is 18.1. The van der Waals surface area contributed by atoms with Crippen LogP contribution in [0.5, 0.6) is 11.5 Å². The van der Waals surface area contributed by atoms with Crippen LogP contribution in [0.3, 0.4) is 0 Å². The molecule has 7 nitrogen and oxygen atoms in total. The van der Waals surface area contributed by atoms with Gasteiger partial charge in [-0.25, -0.2) is 0 Å². The third-order valence-corrected chi connectivity index (χ3v) is 6.58. The smallest absolute Gasteiger partial charge is 0.240 e. The third kappa shape index (κ3) is 4.12. The van der Waals surface area contributed by atoms with Gasteiger partial charge in [0.1, 0.15) is 5.01 Å². The number of fused-ring (bicyclic) bond motifs is 1. The van der Waals surface area contributed by atoms with Gasteiger partial charge in [0, 0.05) is 11.4 Å². The lowest BCUT2D eigenvalue weighted by Gasteiger charge is -2.36. The second-order valence-corrected chi connectivity index (χ2v) is 8.88. The predicted octanol–water partition coefficient (Wildman–Crippen LogP) is 3.51. The number of benzene rings is 1. The first-order valence-corrected chi connectivity index (χ1v) is 10.9. The molecule has 1 aromatic carbocycles. The molecule has 0 bridgehead atoms. The summed E-state index contributed by atoms with van der Waals surface area (Å²) in [5.41, 5.74) is 2.37. The lowest BCUT2D eigenvalue weighted by atomic mass is 9.91. The quantitative estimate of drug-likeness (QED) is 0.645. The highest BCUT2D eigenvalue weighted by molar-refractivity contribution is 7.15. The molecule has 1 unspecified atom stereocenters. The third-order valence-electron chi connectivity index (χ3n) is 4.91. The first-order valence-electron chi connectivity index (χ1n) is 9.21. The highest BCUT2D eigenvalue weighted by atomic mass is 32.1. The lowest BCUT2D eigenvalue weighted by Crippen LogP contribution is -2.40. The Hall–Kier alpha value is -2.49. The molecule has 1 N–H and O–H groups in total. The molecule has 4 rings (SSSR count). The van der Waals surface area contributed by atoms with E-state index in [1.54, 1.807) is 25.6 Å². The van der Waals surface area contributed by atoms with Crippen molar-refractivity contribution < 1.29 is 14.3 Å². The second kappa shape index (κ2) is 8.48. The number of hydrogen-bond acceptors (Lipinski definition) is 8. The number of aromatic nitrogens is 2. The van der Waals surface area contributed by atoms with E-state index < -0.39 is 0 Å². The largest absolute Gasteiger partial charge is 0.493 e. The van der Waals surface area contributed by atoms with Crippen LogP contribution in [0, 0.1) is 6.92 Å². The Bertz CT molecular complexity index is 1000. The molecule has 0 saturated carbocycles. The van der Waals surface area contributed by atoms with Crippen LogP contribution in [0.25, 0.3) is 0 Å². The number of carbonyl (C=O) groups excluding carboxylic acids is 1. The van der Waals surface area contributed by atoms with Crippen LogP contribution < -0.4 is 14.8 Å². The molecule has 0 aliphatic carbocycles. The van der Waals surface area contributed by atoms with Gasteiger partial charge in [-0.2, -0.15) is 0 Å². The Morgan fingerprint density at radius 1 is 1.28 bits per heavy atom. The molecule has 0 fully saturated rings. The van der Waals surface area contributed by atoms with Crippen molar-refractivity contribution in [2.24, 2.45) is 0 Å². The molecule has 152 valence electrons. The standard InChI is InChI=1S/C20H22N4O3S2/c1-12-22-23-20(29-12)21-18(25)11-24-7-6-13-9-15(26-2)16(27-3)10-14(13)19(24)17-5-4-8-28-17/h4-5,8-10,19H,6-7,11H2,1-3H3,(H,21,23,25). The molecular formula is C20H22N4O3S2. The van der Waals surface area contributed by atoms with Crippen molar-refractivity contribution >= 4 is 33.7 Å². The maximum Gasteiger partial charge on any atom is 0.240 e. The summed E-state index contributed by atoms with van der Waals surface area (Å²) in [6.07, 6.45) is 0.836. The molecule has 1 atom stereocenters. The molecule has 0 radical (unpaired) electrons. The van der Waals surface area contributed by atoms with Gasteiger partial charge in [-0.05, 0) is 48.1 Å². The van der Waals surface area contributed by atoms with Gasteiger partial charge in [-0.1, -0.05) is 17.4 Å². The number of methoxy groups -OCH3 is 2. The lowest BCUT2D eigenvalue weighted by molar-refractivity contribution is -0.117. The van der Waals surface area contributed by atoms with E-state index in [4.69, 9.17) is 9.47 Å². The topological polar surface area (TPSA) is 76.6 Å². The van der Waals surface area contributed by atoms with Crippen molar-refractivity contribution in [3.05, 3.63) is 50.7 Å². The van der Waals surface area contributed by atoms with Crippen molar-refractivity contribution in [1.29, 1.82) is 0 Å². The van der Waals surface area contributed by atoms with Gasteiger partial charge >= 0.3 is 0 Å². The highest BCUT2D eigenvalue weighted by Gasteiger charge is 2.32. The van der Waals surface area contributed by atoms with Crippen LogP contribution >= 0.6 is 22.7 Å². The number of nitrogens with one attached hydrogen (secondary N) is 1. The Kier molecular flexibility index (Phi) is 5.79. The summed E-state index contributed by atoms with van der Waals surface area (Å²) in [4.78, 5) is 16.1. The zero-order chi connectivity index (χ0) is 20.4. The molecule has 2 aromatic heterocycles. The monoisotopic (exact) mass is 430 g/mol. The number of hydrogen-bond donors (Lipinski definition) is 1.